The van der Waals surface area contributed by atoms with Crippen molar-refractivity contribution in [3.8, 4) is 0 Å². The lowest BCUT2D eigenvalue weighted by molar-refractivity contribution is -0.145. The van der Waals surface area contributed by atoms with E-state index < -0.39 is 27.4 Å². The maximum absolute atomic E-state index is 14.4. The Morgan fingerprint density at radius 2 is 1.64 bits per heavy atom. The van der Waals surface area contributed by atoms with Crippen LogP contribution in [0.2, 0.25) is 0 Å². The van der Waals surface area contributed by atoms with E-state index in [0.717, 1.165) is 51.4 Å². The lowest BCUT2D eigenvalue weighted by atomic mass is 9.74. The molecule has 1 spiro atoms. The van der Waals surface area contributed by atoms with Gasteiger partial charge in [0.15, 0.2) is 0 Å². The first-order chi connectivity index (χ1) is 17.3. The number of amides is 3. The maximum Gasteiger partial charge on any atom is 0.247 e. The monoisotopic (exact) mass is 515 g/mol. The molecule has 2 saturated heterocycles. The Hall–Kier alpha value is -1.80. The van der Waals surface area contributed by atoms with Gasteiger partial charge in [-0.05, 0) is 32.6 Å². The van der Waals surface area contributed by atoms with E-state index in [1.807, 2.05) is 22.9 Å². The molecular weight excluding hydrogens is 474 g/mol. The molecule has 1 unspecified atom stereocenters. The normalized spacial score (nSPS) is 36.7. The molecule has 0 aromatic carbocycles. The Labute approximate surface area is 219 Å². The van der Waals surface area contributed by atoms with Gasteiger partial charge in [0.1, 0.15) is 6.04 Å². The number of fused-ring (bicyclic) bond motifs is 2. The topological polar surface area (TPSA) is 81.2 Å². The van der Waals surface area contributed by atoms with Crippen molar-refractivity contribution in [2.75, 3.05) is 33.3 Å². The smallest absolute Gasteiger partial charge is 0.247 e. The van der Waals surface area contributed by atoms with Crippen molar-refractivity contribution in [1.82, 2.24) is 14.7 Å². The van der Waals surface area contributed by atoms with Gasteiger partial charge >= 0.3 is 0 Å². The fraction of sp³-hybridized carbons (Fsp3) is 0.750. The van der Waals surface area contributed by atoms with E-state index in [0.29, 0.717) is 19.6 Å². The van der Waals surface area contributed by atoms with Crippen LogP contribution in [0.25, 0.3) is 0 Å². The predicted octanol–water partition coefficient (Wildman–Crippen LogP) is 2.99. The van der Waals surface area contributed by atoms with Crippen molar-refractivity contribution in [3.63, 3.8) is 0 Å². The molecule has 4 heterocycles. The minimum absolute atomic E-state index is 0.00278. The highest BCUT2D eigenvalue weighted by Gasteiger charge is 2.73. The first kappa shape index (κ1) is 25.8. The minimum Gasteiger partial charge on any atom is -0.396 e. The van der Waals surface area contributed by atoms with Gasteiger partial charge < -0.3 is 19.8 Å². The van der Waals surface area contributed by atoms with Crippen molar-refractivity contribution < 1.29 is 19.5 Å². The quantitative estimate of drug-likeness (QED) is 0.417. The molecule has 7 nitrogen and oxygen atoms in total. The summed E-state index contributed by atoms with van der Waals surface area (Å²) in [4.78, 5) is 47.9. The summed E-state index contributed by atoms with van der Waals surface area (Å²) in [6, 6.07) is -0.347. The molecular formula is C28H41N3O4S. The van der Waals surface area contributed by atoms with Gasteiger partial charge in [0.05, 0.1) is 16.6 Å². The molecule has 0 aromatic heterocycles. The SMILES string of the molecule is CN1CC=C[C@]2(C)S[C@]34C=CCN(C5CCCCC5)C(=O)C3N(CCCCCCO)C(=O)[C@@H]4[C@@H]2C1=O. The highest BCUT2D eigenvalue weighted by molar-refractivity contribution is 8.02. The average Bonchev–Trinajstić information content (AvgIpc) is 3.14. The first-order valence-electron chi connectivity index (χ1n) is 13.9. The number of unbranched alkanes of at least 4 members (excludes halogenated alkanes) is 3. The number of rotatable bonds is 7. The van der Waals surface area contributed by atoms with E-state index >= 15 is 0 Å². The van der Waals surface area contributed by atoms with E-state index in [-0.39, 0.29) is 30.4 Å². The van der Waals surface area contributed by atoms with Gasteiger partial charge in [-0.2, -0.15) is 0 Å². The highest BCUT2D eigenvalue weighted by Crippen LogP contribution is 2.65. The van der Waals surface area contributed by atoms with Gasteiger partial charge in [-0.1, -0.05) is 56.4 Å². The van der Waals surface area contributed by atoms with Gasteiger partial charge in [0, 0.05) is 44.1 Å². The van der Waals surface area contributed by atoms with E-state index in [9.17, 15) is 14.4 Å². The lowest BCUT2D eigenvalue weighted by Crippen LogP contribution is -2.55. The third-order valence-electron chi connectivity index (χ3n) is 9.11. The number of hydrogen-bond donors (Lipinski definition) is 1. The molecule has 198 valence electrons. The van der Waals surface area contributed by atoms with Crippen LogP contribution in [0.15, 0.2) is 24.3 Å². The van der Waals surface area contributed by atoms with Gasteiger partial charge in [0.25, 0.3) is 0 Å². The number of carbonyl (C=O) groups is 3. The molecule has 1 aliphatic carbocycles. The summed E-state index contributed by atoms with van der Waals surface area (Å²) in [7, 11) is 1.81. The number of aliphatic hydroxyl groups is 1. The van der Waals surface area contributed by atoms with Gasteiger partial charge in [-0.25, -0.2) is 0 Å². The maximum atomic E-state index is 14.4. The number of nitrogens with zero attached hydrogens (tertiary/aromatic N) is 3. The summed E-state index contributed by atoms with van der Waals surface area (Å²) in [5.41, 5.74) is 0. The predicted molar refractivity (Wildman–Crippen MR) is 141 cm³/mol. The Bertz CT molecular complexity index is 947. The van der Waals surface area contributed by atoms with Crippen LogP contribution in [0.1, 0.15) is 64.7 Å². The van der Waals surface area contributed by atoms with Crippen LogP contribution in [-0.4, -0.2) is 92.4 Å². The van der Waals surface area contributed by atoms with Crippen molar-refractivity contribution in [2.45, 2.75) is 86.3 Å². The standard InChI is InChI=1S/C28H41N3O4S/c1-27-14-10-16-29(2)24(33)21(27)22-25(34)31(17-8-3-4-9-19-32)23-26(35)30(20-12-6-5-7-13-20)18-11-15-28(22,23)36-27/h10-11,14-15,20-23,32H,3-9,12-13,16-19H2,1-2H3/t21-,22+,23?,27+,28+/m1/s1. The second kappa shape index (κ2) is 10.2. The second-order valence-corrected chi connectivity index (χ2v) is 13.3. The van der Waals surface area contributed by atoms with Gasteiger partial charge in [0.2, 0.25) is 17.7 Å². The molecule has 0 aromatic rings. The molecule has 5 aliphatic rings. The average molecular weight is 516 g/mol. The molecule has 0 radical (unpaired) electrons. The van der Waals surface area contributed by atoms with Crippen molar-refractivity contribution in [3.05, 3.63) is 24.3 Å². The minimum atomic E-state index is -0.736. The number of carbonyl (C=O) groups excluding carboxylic acids is 3. The summed E-state index contributed by atoms with van der Waals surface area (Å²) in [6.07, 6.45) is 17.3. The van der Waals surface area contributed by atoms with Crippen LogP contribution >= 0.6 is 11.8 Å². The van der Waals surface area contributed by atoms with Crippen LogP contribution in [0.4, 0.5) is 0 Å². The molecule has 3 amide bonds. The fourth-order valence-electron chi connectivity index (χ4n) is 7.37. The summed E-state index contributed by atoms with van der Waals surface area (Å²) in [5.74, 6) is -0.999. The number of likely N-dealkylation sites (tertiary alicyclic amines) is 1. The van der Waals surface area contributed by atoms with E-state index in [1.165, 1.54) is 6.42 Å². The molecule has 1 N–H and O–H groups in total. The first-order valence-corrected chi connectivity index (χ1v) is 14.7. The Balaban J connectivity index is 1.53. The Kier molecular flexibility index (Phi) is 7.29. The van der Waals surface area contributed by atoms with Crippen LogP contribution in [-0.2, 0) is 14.4 Å². The fourth-order valence-corrected chi connectivity index (χ4v) is 9.53. The third-order valence-corrected chi connectivity index (χ3v) is 10.9. The number of thioether (sulfide) groups is 1. The number of likely N-dealkylation sites (N-methyl/N-ethyl adjacent to an activating group) is 1. The third kappa shape index (κ3) is 4.12. The molecule has 4 aliphatic heterocycles. The largest absolute Gasteiger partial charge is 0.396 e. The Morgan fingerprint density at radius 1 is 0.917 bits per heavy atom. The van der Waals surface area contributed by atoms with E-state index in [4.69, 9.17) is 5.11 Å². The van der Waals surface area contributed by atoms with Crippen LogP contribution in [0, 0.1) is 11.8 Å². The van der Waals surface area contributed by atoms with E-state index in [1.54, 1.807) is 16.7 Å². The van der Waals surface area contributed by atoms with Crippen LogP contribution < -0.4 is 0 Å². The molecule has 5 rings (SSSR count). The lowest BCUT2D eigenvalue weighted by Gasteiger charge is -2.40. The zero-order valence-electron chi connectivity index (χ0n) is 21.7. The number of aliphatic hydroxyl groups excluding tert-OH is 1. The molecule has 8 heteroatoms. The molecule has 3 fully saturated rings. The zero-order chi connectivity index (χ0) is 25.5. The molecule has 0 bridgehead atoms. The molecule has 1 saturated carbocycles. The van der Waals surface area contributed by atoms with Crippen molar-refractivity contribution in [1.29, 1.82) is 0 Å². The summed E-state index contributed by atoms with van der Waals surface area (Å²) in [5, 5.41) is 9.14. The summed E-state index contributed by atoms with van der Waals surface area (Å²) >= 11 is 1.67. The van der Waals surface area contributed by atoms with Crippen molar-refractivity contribution >= 4 is 29.5 Å². The van der Waals surface area contributed by atoms with Gasteiger partial charge in [-0.15, -0.1) is 11.8 Å². The second-order valence-electron chi connectivity index (χ2n) is 11.5. The van der Waals surface area contributed by atoms with Crippen molar-refractivity contribution in [2.24, 2.45) is 11.8 Å². The van der Waals surface area contributed by atoms with Crippen LogP contribution in [0.3, 0.4) is 0 Å². The molecule has 36 heavy (non-hydrogen) atoms. The summed E-state index contributed by atoms with van der Waals surface area (Å²) in [6.45, 7) is 3.90. The Morgan fingerprint density at radius 3 is 2.39 bits per heavy atom. The molecule has 5 atom stereocenters. The van der Waals surface area contributed by atoms with Gasteiger partial charge in [-0.3, -0.25) is 14.4 Å². The van der Waals surface area contributed by atoms with Crippen LogP contribution in [0.5, 0.6) is 0 Å². The highest BCUT2D eigenvalue weighted by atomic mass is 32.2. The summed E-state index contributed by atoms with van der Waals surface area (Å²) < 4.78 is -1.27. The van der Waals surface area contributed by atoms with E-state index in [2.05, 4.69) is 25.2 Å². The number of hydrogen-bond acceptors (Lipinski definition) is 5. The zero-order valence-corrected chi connectivity index (χ0v) is 22.5.